The van der Waals surface area contributed by atoms with Crippen LogP contribution in [0, 0.1) is 13.8 Å². The molecule has 3 heterocycles. The van der Waals surface area contributed by atoms with Crippen molar-refractivity contribution < 1.29 is 0 Å². The van der Waals surface area contributed by atoms with Crippen molar-refractivity contribution in [1.82, 2.24) is 9.78 Å². The van der Waals surface area contributed by atoms with E-state index in [9.17, 15) is 0 Å². The van der Waals surface area contributed by atoms with Gasteiger partial charge in [-0.1, -0.05) is 58.4 Å². The van der Waals surface area contributed by atoms with Crippen molar-refractivity contribution >= 4 is 56.2 Å². The topological polar surface area (TPSA) is 61.1 Å². The van der Waals surface area contributed by atoms with Crippen molar-refractivity contribution in [3.05, 3.63) is 124 Å². The summed E-state index contributed by atoms with van der Waals surface area (Å²) in [5.74, 6) is 2.26. The number of halogens is 1. The van der Waals surface area contributed by atoms with Crippen LogP contribution in [0.1, 0.15) is 28.4 Å². The summed E-state index contributed by atoms with van der Waals surface area (Å²) >= 11 is 3.55. The molecule has 5 aromatic rings. The Morgan fingerprint density at radius 3 is 2.19 bits per heavy atom. The maximum absolute atomic E-state index is 5.35. The van der Waals surface area contributed by atoms with Crippen molar-refractivity contribution in [2.45, 2.75) is 19.9 Å². The number of aryl methyl sites for hydroxylation is 2. The Bertz CT molecular complexity index is 1870. The summed E-state index contributed by atoms with van der Waals surface area (Å²) in [6, 6.07) is 33.3. The average Bonchev–Trinajstić information content (AvgIpc) is 3.33. The Balaban J connectivity index is 1.49. The fraction of sp³-hybridized carbons (Fsp3) is 0.147. The van der Waals surface area contributed by atoms with E-state index >= 15 is 0 Å². The second-order valence-corrected chi connectivity index (χ2v) is 11.7. The molecule has 0 saturated heterocycles. The van der Waals surface area contributed by atoms with Crippen LogP contribution >= 0.6 is 15.9 Å². The van der Waals surface area contributed by atoms with Gasteiger partial charge in [0, 0.05) is 35.5 Å². The molecule has 1 atom stereocenters. The lowest BCUT2D eigenvalue weighted by molar-refractivity contribution is 0.814. The van der Waals surface area contributed by atoms with Gasteiger partial charge in [-0.05, 0) is 79.6 Å². The van der Waals surface area contributed by atoms with Crippen LogP contribution in [-0.4, -0.2) is 35.5 Å². The molecule has 0 radical (unpaired) electrons. The number of para-hydroxylation sites is 3. The fourth-order valence-electron chi connectivity index (χ4n) is 5.71. The third-order valence-corrected chi connectivity index (χ3v) is 8.34. The summed E-state index contributed by atoms with van der Waals surface area (Å²) in [4.78, 5) is 14.9. The van der Waals surface area contributed by atoms with E-state index in [1.54, 1.807) is 0 Å². The number of nitrogens with one attached hydrogen (secondary N) is 1. The minimum absolute atomic E-state index is 0.167. The van der Waals surface area contributed by atoms with E-state index in [1.165, 1.54) is 0 Å². The molecule has 4 aromatic carbocycles. The Hall–Kier alpha value is -4.69. The lowest BCUT2D eigenvalue weighted by atomic mass is 9.93. The van der Waals surface area contributed by atoms with Gasteiger partial charge in [-0.25, -0.2) is 14.7 Å². The summed E-state index contributed by atoms with van der Waals surface area (Å²) in [7, 11) is 4.12. The van der Waals surface area contributed by atoms with Crippen molar-refractivity contribution in [3.8, 4) is 5.69 Å². The summed E-state index contributed by atoms with van der Waals surface area (Å²) in [5.41, 5.74) is 9.30. The van der Waals surface area contributed by atoms with Gasteiger partial charge in [0.2, 0.25) is 0 Å². The molecule has 208 valence electrons. The number of rotatable bonds is 4. The molecule has 7 rings (SSSR count). The normalized spacial score (nSPS) is 15.3. The molecular formula is C34H30BrN7. The third kappa shape index (κ3) is 4.39. The molecule has 42 heavy (non-hydrogen) atoms. The molecule has 8 heteroatoms. The van der Waals surface area contributed by atoms with E-state index in [4.69, 9.17) is 15.1 Å². The number of aliphatic imine (C=N–C) groups is 2. The lowest BCUT2D eigenvalue weighted by Crippen LogP contribution is -2.46. The Kier molecular flexibility index (Phi) is 6.43. The summed E-state index contributed by atoms with van der Waals surface area (Å²) in [5, 5.41) is 8.66. The van der Waals surface area contributed by atoms with Crippen LogP contribution in [-0.2, 0) is 0 Å². The van der Waals surface area contributed by atoms with Crippen molar-refractivity contribution in [3.63, 3.8) is 0 Å². The minimum Gasteiger partial charge on any atom is -0.378 e. The van der Waals surface area contributed by atoms with Crippen LogP contribution in [0.4, 0.5) is 28.6 Å². The molecule has 1 N–H and O–H groups in total. The summed E-state index contributed by atoms with van der Waals surface area (Å²) < 4.78 is 3.01. The highest BCUT2D eigenvalue weighted by Crippen LogP contribution is 2.48. The highest BCUT2D eigenvalue weighted by molar-refractivity contribution is 9.10. The quantitative estimate of drug-likeness (QED) is 0.222. The number of amidine groups is 2. The Morgan fingerprint density at radius 2 is 1.48 bits per heavy atom. The van der Waals surface area contributed by atoms with Crippen LogP contribution in [0.5, 0.6) is 0 Å². The van der Waals surface area contributed by atoms with Gasteiger partial charge in [-0.2, -0.15) is 5.10 Å². The number of benzene rings is 4. The number of fused-ring (bicyclic) bond motifs is 4. The molecule has 7 nitrogen and oxygen atoms in total. The average molecular weight is 617 g/mol. The van der Waals surface area contributed by atoms with Gasteiger partial charge in [0.1, 0.15) is 0 Å². The molecule has 0 spiro atoms. The minimum atomic E-state index is -0.167. The first kappa shape index (κ1) is 26.2. The largest absolute Gasteiger partial charge is 0.378 e. The second kappa shape index (κ2) is 10.3. The van der Waals surface area contributed by atoms with Gasteiger partial charge >= 0.3 is 0 Å². The van der Waals surface area contributed by atoms with E-state index in [0.29, 0.717) is 5.84 Å². The SMILES string of the molecule is Cc1ccccc1-n1nc(C)c2c1N=C1C(Nc3ccc(Br)cc3)=Nc3ccccc3N1[C@H]2c1ccc(N(C)C)cc1. The van der Waals surface area contributed by atoms with Crippen LogP contribution in [0.25, 0.3) is 5.69 Å². The molecule has 2 aliphatic rings. The number of hydrogen-bond donors (Lipinski definition) is 1. The van der Waals surface area contributed by atoms with Crippen LogP contribution in [0.3, 0.4) is 0 Å². The van der Waals surface area contributed by atoms with Gasteiger partial charge < -0.3 is 15.1 Å². The van der Waals surface area contributed by atoms with E-state index in [2.05, 4.69) is 120 Å². The second-order valence-electron chi connectivity index (χ2n) is 10.8. The van der Waals surface area contributed by atoms with Crippen LogP contribution in [0.15, 0.2) is 112 Å². The zero-order valence-electron chi connectivity index (χ0n) is 23.9. The molecular weight excluding hydrogens is 586 g/mol. The smallest absolute Gasteiger partial charge is 0.179 e. The van der Waals surface area contributed by atoms with E-state index in [-0.39, 0.29) is 6.04 Å². The third-order valence-electron chi connectivity index (χ3n) is 7.81. The molecule has 0 fully saturated rings. The lowest BCUT2D eigenvalue weighted by Gasteiger charge is -2.40. The molecule has 2 aliphatic heterocycles. The first-order valence-electron chi connectivity index (χ1n) is 13.9. The van der Waals surface area contributed by atoms with Crippen LogP contribution in [0.2, 0.25) is 0 Å². The molecule has 0 unspecified atom stereocenters. The van der Waals surface area contributed by atoms with Gasteiger partial charge in [0.05, 0.1) is 28.8 Å². The van der Waals surface area contributed by atoms with Gasteiger partial charge in [0.25, 0.3) is 0 Å². The first-order valence-corrected chi connectivity index (χ1v) is 14.7. The molecule has 0 aliphatic carbocycles. The summed E-state index contributed by atoms with van der Waals surface area (Å²) in [6.45, 7) is 4.19. The monoisotopic (exact) mass is 615 g/mol. The van der Waals surface area contributed by atoms with Crippen LogP contribution < -0.4 is 15.1 Å². The van der Waals surface area contributed by atoms with Crippen molar-refractivity contribution in [1.29, 1.82) is 0 Å². The maximum Gasteiger partial charge on any atom is 0.179 e. The number of aromatic nitrogens is 2. The highest BCUT2D eigenvalue weighted by Gasteiger charge is 2.41. The molecule has 0 bridgehead atoms. The molecule has 0 amide bonds. The number of anilines is 3. The van der Waals surface area contributed by atoms with E-state index < -0.39 is 0 Å². The Morgan fingerprint density at radius 1 is 0.786 bits per heavy atom. The van der Waals surface area contributed by atoms with E-state index in [0.717, 1.165) is 66.9 Å². The number of nitrogens with zero attached hydrogens (tertiary/aromatic N) is 6. The number of hydrogen-bond acceptors (Lipinski definition) is 6. The predicted octanol–water partition coefficient (Wildman–Crippen LogP) is 8.11. The van der Waals surface area contributed by atoms with E-state index in [1.807, 2.05) is 41.1 Å². The standard InChI is InChI=1S/C34H30BrN7/c1-21-9-5-7-11-28(21)42-33-30(22(2)39-42)31(23-13-19-26(20-14-23)40(3)4)41-29-12-8-6-10-27(29)37-32(34(41)38-33)36-25-17-15-24(35)16-18-25/h5-20,31H,1-4H3,(H,36,37)/t31-/m0/s1. The predicted molar refractivity (Wildman–Crippen MR) is 177 cm³/mol. The summed E-state index contributed by atoms with van der Waals surface area (Å²) in [6.07, 6.45) is 0. The molecule has 1 aromatic heterocycles. The van der Waals surface area contributed by atoms with Gasteiger partial charge in [-0.3, -0.25) is 0 Å². The first-order chi connectivity index (χ1) is 20.4. The van der Waals surface area contributed by atoms with Crippen molar-refractivity contribution in [2.75, 3.05) is 29.2 Å². The van der Waals surface area contributed by atoms with Gasteiger partial charge in [0.15, 0.2) is 17.5 Å². The fourth-order valence-corrected chi connectivity index (χ4v) is 5.97. The zero-order chi connectivity index (χ0) is 29.0. The van der Waals surface area contributed by atoms with Crippen molar-refractivity contribution in [2.24, 2.45) is 9.98 Å². The molecule has 0 saturated carbocycles. The Labute approximate surface area is 254 Å². The maximum atomic E-state index is 5.35. The highest BCUT2D eigenvalue weighted by atomic mass is 79.9. The zero-order valence-corrected chi connectivity index (χ0v) is 25.5. The van der Waals surface area contributed by atoms with Gasteiger partial charge in [-0.15, -0.1) is 0 Å².